The van der Waals surface area contributed by atoms with Gasteiger partial charge in [-0.1, -0.05) is 13.8 Å². The summed E-state index contributed by atoms with van der Waals surface area (Å²) in [6, 6.07) is 0. The van der Waals surface area contributed by atoms with Gasteiger partial charge in [-0.05, 0) is 93.0 Å². The largest absolute Gasteiger partial charge is 0.458 e. The average Bonchev–Trinajstić information content (AvgIpc) is 3.39. The van der Waals surface area contributed by atoms with Crippen molar-refractivity contribution in [3.63, 3.8) is 0 Å². The van der Waals surface area contributed by atoms with E-state index in [1.807, 2.05) is 6.92 Å². The summed E-state index contributed by atoms with van der Waals surface area (Å²) in [6.07, 6.45) is 5.37. The number of cyclic esters (lactones) is 1. The molecule has 2 heterocycles. The van der Waals surface area contributed by atoms with E-state index < -0.39 is 41.7 Å². The number of rotatable bonds is 3. The normalized spacial score (nSPS) is 55.6. The van der Waals surface area contributed by atoms with Crippen LogP contribution in [0.15, 0.2) is 11.6 Å². The molecule has 5 fully saturated rings. The van der Waals surface area contributed by atoms with E-state index in [1.54, 1.807) is 13.0 Å². The van der Waals surface area contributed by atoms with Crippen LogP contribution in [-0.4, -0.2) is 75.4 Å². The third-order valence-electron chi connectivity index (χ3n) is 12.0. The fraction of sp³-hybridized carbons (Fsp3) is 0.897. The molecule has 0 aromatic carbocycles. The Kier molecular flexibility index (Phi) is 6.37. The van der Waals surface area contributed by atoms with Gasteiger partial charge in [0.05, 0.1) is 30.0 Å². The quantitative estimate of drug-likeness (QED) is 0.330. The zero-order chi connectivity index (χ0) is 26.3. The highest BCUT2D eigenvalue weighted by atomic mass is 16.7. The third-order valence-corrected chi connectivity index (χ3v) is 12.0. The maximum absolute atomic E-state index is 12.4. The van der Waals surface area contributed by atoms with Gasteiger partial charge in [-0.25, -0.2) is 4.79 Å². The molecule has 4 N–H and O–H groups in total. The molecule has 4 aliphatic carbocycles. The summed E-state index contributed by atoms with van der Waals surface area (Å²) in [5.41, 5.74) is -0.703. The van der Waals surface area contributed by atoms with Crippen molar-refractivity contribution >= 4 is 5.97 Å². The second-order valence-corrected chi connectivity index (χ2v) is 13.5. The van der Waals surface area contributed by atoms with Crippen molar-refractivity contribution in [2.45, 2.75) is 121 Å². The molecule has 0 aromatic heterocycles. The number of ether oxygens (including phenoxy) is 3. The maximum Gasteiger partial charge on any atom is 0.331 e. The van der Waals surface area contributed by atoms with Gasteiger partial charge >= 0.3 is 5.97 Å². The Morgan fingerprint density at radius 3 is 2.49 bits per heavy atom. The van der Waals surface area contributed by atoms with Gasteiger partial charge in [0.2, 0.25) is 0 Å². The molecule has 0 bridgehead atoms. The molecule has 6 rings (SSSR count). The van der Waals surface area contributed by atoms with Crippen molar-refractivity contribution in [1.82, 2.24) is 0 Å². The predicted octanol–water partition coefficient (Wildman–Crippen LogP) is 2.46. The summed E-state index contributed by atoms with van der Waals surface area (Å²) in [6.45, 7) is 6.44. The molecule has 37 heavy (non-hydrogen) atoms. The highest BCUT2D eigenvalue weighted by Gasteiger charge is 2.70. The van der Waals surface area contributed by atoms with Gasteiger partial charge in [0.15, 0.2) is 6.29 Å². The van der Waals surface area contributed by atoms with E-state index in [9.17, 15) is 25.2 Å². The fourth-order valence-electron chi connectivity index (χ4n) is 9.80. The molecule has 0 aromatic rings. The Labute approximate surface area is 219 Å². The summed E-state index contributed by atoms with van der Waals surface area (Å²) >= 11 is 0. The van der Waals surface area contributed by atoms with Crippen LogP contribution in [0.4, 0.5) is 0 Å². The van der Waals surface area contributed by atoms with E-state index >= 15 is 0 Å². The molecule has 208 valence electrons. The average molecular weight is 521 g/mol. The summed E-state index contributed by atoms with van der Waals surface area (Å²) in [5, 5.41) is 44.2. The van der Waals surface area contributed by atoms with Crippen LogP contribution < -0.4 is 0 Å². The first-order chi connectivity index (χ1) is 17.5. The maximum atomic E-state index is 12.4. The molecular weight excluding hydrogens is 476 g/mol. The van der Waals surface area contributed by atoms with Crippen LogP contribution in [0.2, 0.25) is 0 Å². The zero-order valence-corrected chi connectivity index (χ0v) is 22.3. The SMILES string of the molecule is CC1O[C@@H](O[C@H]2CC[C@@]3(C)[C@H](CC[C@@H]4[C@@H]3C[C@@H](O)[C@]3(C)[C@@H](C5=CC(=O)OC5)CC[C@]43O)C2)C[C@@H](O)[C@@H]1O. The van der Waals surface area contributed by atoms with Crippen LogP contribution >= 0.6 is 0 Å². The number of aliphatic hydroxyl groups is 4. The first-order valence-corrected chi connectivity index (χ1v) is 14.4. The summed E-state index contributed by atoms with van der Waals surface area (Å²) in [5.74, 6) is 0.439. The number of fused-ring (bicyclic) bond motifs is 5. The van der Waals surface area contributed by atoms with Crippen LogP contribution in [0.25, 0.3) is 0 Å². The molecule has 1 unspecified atom stereocenters. The lowest BCUT2D eigenvalue weighted by Crippen LogP contribution is -2.67. The zero-order valence-electron chi connectivity index (χ0n) is 22.3. The fourth-order valence-corrected chi connectivity index (χ4v) is 9.80. The van der Waals surface area contributed by atoms with E-state index in [2.05, 4.69) is 6.92 Å². The molecule has 4 saturated carbocycles. The van der Waals surface area contributed by atoms with Crippen molar-refractivity contribution in [2.75, 3.05) is 6.61 Å². The molecule has 0 amide bonds. The topological polar surface area (TPSA) is 126 Å². The van der Waals surface area contributed by atoms with E-state index in [0.29, 0.717) is 18.8 Å². The smallest absolute Gasteiger partial charge is 0.331 e. The standard InChI is InChI=1S/C29H44O8/c1-15-26(33)22(30)13-25(36-15)37-18-6-8-27(2)17(11-18)4-5-20-21(27)12-23(31)28(3)19(7-9-29(20,28)34)16-10-24(32)35-14-16/h10,15,17-23,25-26,30-31,33-34H,4-9,11-14H2,1-3H3/t15?,17-,18+,19-,20-,21+,22-,23-,25+,26-,27+,28+,29+/m1/s1. The minimum Gasteiger partial charge on any atom is -0.458 e. The van der Waals surface area contributed by atoms with E-state index in [4.69, 9.17) is 14.2 Å². The molecular formula is C29H44O8. The lowest BCUT2D eigenvalue weighted by atomic mass is 9.42. The van der Waals surface area contributed by atoms with Gasteiger partial charge < -0.3 is 34.6 Å². The van der Waals surface area contributed by atoms with Crippen molar-refractivity contribution in [1.29, 1.82) is 0 Å². The van der Waals surface area contributed by atoms with Crippen LogP contribution in [0.3, 0.4) is 0 Å². The van der Waals surface area contributed by atoms with Crippen molar-refractivity contribution < 1.29 is 39.4 Å². The first-order valence-electron chi connectivity index (χ1n) is 14.4. The number of carbonyl (C=O) groups excluding carboxylic acids is 1. The van der Waals surface area contributed by atoms with Crippen LogP contribution in [-0.2, 0) is 19.0 Å². The number of esters is 1. The highest BCUT2D eigenvalue weighted by Crippen LogP contribution is 2.70. The van der Waals surface area contributed by atoms with Crippen LogP contribution in [0, 0.1) is 34.5 Å². The summed E-state index contributed by atoms with van der Waals surface area (Å²) in [7, 11) is 0. The Bertz CT molecular complexity index is 940. The number of carbonyl (C=O) groups is 1. The summed E-state index contributed by atoms with van der Waals surface area (Å²) < 4.78 is 17.4. The summed E-state index contributed by atoms with van der Waals surface area (Å²) in [4.78, 5) is 11.8. The van der Waals surface area contributed by atoms with Gasteiger partial charge in [-0.3, -0.25) is 0 Å². The third kappa shape index (κ3) is 3.80. The Morgan fingerprint density at radius 1 is 1.00 bits per heavy atom. The Morgan fingerprint density at radius 2 is 1.78 bits per heavy atom. The molecule has 0 radical (unpaired) electrons. The Hall–Kier alpha value is -1.03. The first kappa shape index (κ1) is 26.2. The van der Waals surface area contributed by atoms with Crippen molar-refractivity contribution in [3.05, 3.63) is 11.6 Å². The number of hydrogen-bond donors (Lipinski definition) is 4. The van der Waals surface area contributed by atoms with Crippen LogP contribution in [0.5, 0.6) is 0 Å². The monoisotopic (exact) mass is 520 g/mol. The second kappa shape index (κ2) is 9.00. The Balaban J connectivity index is 1.18. The van der Waals surface area contributed by atoms with Crippen molar-refractivity contribution in [3.8, 4) is 0 Å². The number of hydrogen-bond acceptors (Lipinski definition) is 8. The highest BCUT2D eigenvalue weighted by molar-refractivity contribution is 5.85. The predicted molar refractivity (Wildman–Crippen MR) is 133 cm³/mol. The van der Waals surface area contributed by atoms with E-state index in [1.165, 1.54) is 0 Å². The molecule has 2 aliphatic heterocycles. The molecule has 1 saturated heterocycles. The van der Waals surface area contributed by atoms with Gasteiger partial charge in [-0.15, -0.1) is 0 Å². The lowest BCUT2D eigenvalue weighted by molar-refractivity contribution is -0.274. The van der Waals surface area contributed by atoms with E-state index in [-0.39, 0.29) is 48.3 Å². The molecule has 8 nitrogen and oxygen atoms in total. The van der Waals surface area contributed by atoms with Crippen LogP contribution in [0.1, 0.15) is 78.6 Å². The second-order valence-electron chi connectivity index (χ2n) is 13.5. The minimum atomic E-state index is -0.961. The molecule has 0 spiro atoms. The lowest BCUT2D eigenvalue weighted by Gasteiger charge is -2.65. The van der Waals surface area contributed by atoms with E-state index in [0.717, 1.165) is 44.1 Å². The van der Waals surface area contributed by atoms with Gasteiger partial charge in [0, 0.05) is 17.9 Å². The number of aliphatic hydroxyl groups excluding tert-OH is 3. The molecule has 6 aliphatic rings. The molecule has 8 heteroatoms. The van der Waals surface area contributed by atoms with Gasteiger partial charge in [0.25, 0.3) is 0 Å². The van der Waals surface area contributed by atoms with Gasteiger partial charge in [-0.2, -0.15) is 0 Å². The minimum absolute atomic E-state index is 0.0149. The molecule has 13 atom stereocenters. The van der Waals surface area contributed by atoms with Gasteiger partial charge in [0.1, 0.15) is 12.7 Å². The van der Waals surface area contributed by atoms with Crippen molar-refractivity contribution in [2.24, 2.45) is 34.5 Å².